The van der Waals surface area contributed by atoms with Crippen LogP contribution < -0.4 is 10.6 Å². The van der Waals surface area contributed by atoms with Gasteiger partial charge in [-0.05, 0) is 24.1 Å². The lowest BCUT2D eigenvalue weighted by molar-refractivity contribution is 0.578. The molecule has 1 heterocycles. The van der Waals surface area contributed by atoms with Crippen LogP contribution in [0.1, 0.15) is 12.0 Å². The number of benzene rings is 1. The number of rotatable bonds is 2. The molecule has 0 spiro atoms. The van der Waals surface area contributed by atoms with Crippen molar-refractivity contribution >= 4 is 29.9 Å². The lowest BCUT2D eigenvalue weighted by Crippen LogP contribution is -2.40. The fourth-order valence-corrected chi connectivity index (χ4v) is 1.55. The molecule has 3 nitrogen and oxygen atoms in total. The van der Waals surface area contributed by atoms with Crippen molar-refractivity contribution in [2.45, 2.75) is 13.0 Å². The molecule has 1 aromatic carbocycles. The predicted molar refractivity (Wildman–Crippen MR) is 73.5 cm³/mol. The first-order valence-electron chi connectivity index (χ1n) is 5.21. The van der Waals surface area contributed by atoms with Crippen LogP contribution in [-0.2, 0) is 6.54 Å². The summed E-state index contributed by atoms with van der Waals surface area (Å²) in [6, 6.07) is 3.47. The summed E-state index contributed by atoms with van der Waals surface area (Å²) in [5, 5.41) is 6.07. The Balaban J connectivity index is 0.00000144. The second-order valence-corrected chi connectivity index (χ2v) is 3.64. The summed E-state index contributed by atoms with van der Waals surface area (Å²) in [6.45, 7) is 2.02. The van der Waals surface area contributed by atoms with E-state index in [1.807, 2.05) is 0 Å². The average Bonchev–Trinajstić information content (AvgIpc) is 2.27. The molecule has 0 bridgehead atoms. The molecule has 0 saturated carbocycles. The summed E-state index contributed by atoms with van der Waals surface area (Å²) in [4.78, 5) is 4.20. The first kappa shape index (κ1) is 14.1. The van der Waals surface area contributed by atoms with E-state index in [0.717, 1.165) is 25.6 Å². The third-order valence-electron chi connectivity index (χ3n) is 2.28. The van der Waals surface area contributed by atoms with E-state index in [-0.39, 0.29) is 24.0 Å². The number of aliphatic imine (C=N–C) groups is 1. The average molecular weight is 353 g/mol. The van der Waals surface area contributed by atoms with Gasteiger partial charge >= 0.3 is 0 Å². The van der Waals surface area contributed by atoms with Gasteiger partial charge in [0.15, 0.2) is 5.96 Å². The molecular weight excluding hydrogens is 339 g/mol. The van der Waals surface area contributed by atoms with Gasteiger partial charge in [0.05, 0.1) is 0 Å². The molecule has 0 unspecified atom stereocenters. The number of nitrogens with zero attached hydrogens (tertiary/aromatic N) is 1. The third kappa shape index (κ3) is 4.45. The van der Waals surface area contributed by atoms with Crippen LogP contribution in [0.4, 0.5) is 8.78 Å². The maximum absolute atomic E-state index is 12.9. The van der Waals surface area contributed by atoms with Gasteiger partial charge in [-0.3, -0.25) is 4.99 Å². The normalized spacial score (nSPS) is 14.4. The number of hydrogen-bond donors (Lipinski definition) is 2. The highest BCUT2D eigenvalue weighted by molar-refractivity contribution is 14.0. The molecule has 2 N–H and O–H groups in total. The Labute approximate surface area is 116 Å². The van der Waals surface area contributed by atoms with Crippen LogP contribution in [0, 0.1) is 11.6 Å². The minimum atomic E-state index is -0.560. The second kappa shape index (κ2) is 6.73. The molecule has 0 fully saturated rings. The zero-order valence-corrected chi connectivity index (χ0v) is 11.5. The molecule has 17 heavy (non-hydrogen) atoms. The molecule has 1 aromatic rings. The van der Waals surface area contributed by atoms with Gasteiger partial charge in [-0.2, -0.15) is 0 Å². The summed E-state index contributed by atoms with van der Waals surface area (Å²) in [6.07, 6.45) is 1.01. The lowest BCUT2D eigenvalue weighted by Gasteiger charge is -2.15. The summed E-state index contributed by atoms with van der Waals surface area (Å²) in [7, 11) is 0. The van der Waals surface area contributed by atoms with Crippen LogP contribution in [0.5, 0.6) is 0 Å². The van der Waals surface area contributed by atoms with Crippen LogP contribution in [-0.4, -0.2) is 19.0 Å². The van der Waals surface area contributed by atoms with Gasteiger partial charge in [0.2, 0.25) is 0 Å². The van der Waals surface area contributed by atoms with Gasteiger partial charge in [-0.1, -0.05) is 0 Å². The highest BCUT2D eigenvalue weighted by atomic mass is 127. The Morgan fingerprint density at radius 2 is 1.94 bits per heavy atom. The first-order valence-corrected chi connectivity index (χ1v) is 5.21. The number of nitrogens with one attached hydrogen (secondary N) is 2. The molecule has 0 radical (unpaired) electrons. The van der Waals surface area contributed by atoms with Crippen molar-refractivity contribution in [3.63, 3.8) is 0 Å². The first-order chi connectivity index (χ1) is 7.74. The summed E-state index contributed by atoms with van der Waals surface area (Å²) >= 11 is 0. The van der Waals surface area contributed by atoms with E-state index in [2.05, 4.69) is 15.6 Å². The van der Waals surface area contributed by atoms with Crippen LogP contribution in [0.15, 0.2) is 23.2 Å². The van der Waals surface area contributed by atoms with Crippen molar-refractivity contribution in [2.75, 3.05) is 13.1 Å². The number of halogens is 3. The van der Waals surface area contributed by atoms with Crippen molar-refractivity contribution in [1.29, 1.82) is 0 Å². The SMILES string of the molecule is Fc1cc(F)cc(CNC2=NCCCN2)c1.I. The second-order valence-electron chi connectivity index (χ2n) is 3.64. The van der Waals surface area contributed by atoms with Gasteiger partial charge in [-0.25, -0.2) is 8.78 Å². The Kier molecular flexibility index (Phi) is 5.60. The molecule has 0 aromatic heterocycles. The van der Waals surface area contributed by atoms with E-state index in [4.69, 9.17) is 0 Å². The fraction of sp³-hybridized carbons (Fsp3) is 0.364. The highest BCUT2D eigenvalue weighted by Gasteiger charge is 2.04. The lowest BCUT2D eigenvalue weighted by atomic mass is 10.2. The van der Waals surface area contributed by atoms with Gasteiger partial charge in [0.1, 0.15) is 11.6 Å². The van der Waals surface area contributed by atoms with Gasteiger partial charge in [0.25, 0.3) is 0 Å². The van der Waals surface area contributed by atoms with Crippen LogP contribution in [0.25, 0.3) is 0 Å². The van der Waals surface area contributed by atoms with Gasteiger partial charge < -0.3 is 10.6 Å². The molecule has 0 atom stereocenters. The van der Waals surface area contributed by atoms with Crippen molar-refractivity contribution in [3.8, 4) is 0 Å². The fourth-order valence-electron chi connectivity index (χ4n) is 1.55. The smallest absolute Gasteiger partial charge is 0.191 e. The topological polar surface area (TPSA) is 36.4 Å². The third-order valence-corrected chi connectivity index (χ3v) is 2.28. The van der Waals surface area contributed by atoms with Crippen LogP contribution in [0.2, 0.25) is 0 Å². The van der Waals surface area contributed by atoms with Crippen molar-refractivity contribution in [2.24, 2.45) is 4.99 Å². The Morgan fingerprint density at radius 1 is 1.24 bits per heavy atom. The number of guanidine groups is 1. The zero-order chi connectivity index (χ0) is 11.4. The minimum Gasteiger partial charge on any atom is -0.356 e. The summed E-state index contributed by atoms with van der Waals surface area (Å²) in [5.74, 6) is -0.429. The van der Waals surface area contributed by atoms with Gasteiger partial charge in [0, 0.05) is 25.7 Å². The quantitative estimate of drug-likeness (QED) is 0.799. The molecule has 0 saturated heterocycles. The Hall–Kier alpha value is -0.920. The maximum Gasteiger partial charge on any atom is 0.191 e. The summed E-state index contributed by atoms with van der Waals surface area (Å²) in [5.41, 5.74) is 0.563. The van der Waals surface area contributed by atoms with Crippen molar-refractivity contribution in [3.05, 3.63) is 35.4 Å². The molecule has 2 rings (SSSR count). The van der Waals surface area contributed by atoms with E-state index in [1.54, 1.807) is 0 Å². The zero-order valence-electron chi connectivity index (χ0n) is 9.17. The minimum absolute atomic E-state index is 0. The van der Waals surface area contributed by atoms with Crippen LogP contribution >= 0.6 is 24.0 Å². The molecule has 0 aliphatic carbocycles. The molecule has 6 heteroatoms. The maximum atomic E-state index is 12.9. The van der Waals surface area contributed by atoms with Crippen molar-refractivity contribution in [1.82, 2.24) is 10.6 Å². The number of hydrogen-bond acceptors (Lipinski definition) is 3. The van der Waals surface area contributed by atoms with Gasteiger partial charge in [-0.15, -0.1) is 24.0 Å². The summed E-state index contributed by atoms with van der Waals surface area (Å²) < 4.78 is 25.8. The Bertz CT molecular complexity index is 389. The molecular formula is C11H14F2IN3. The van der Waals surface area contributed by atoms with E-state index in [0.29, 0.717) is 18.1 Å². The molecule has 0 amide bonds. The van der Waals surface area contributed by atoms with E-state index < -0.39 is 11.6 Å². The monoisotopic (exact) mass is 353 g/mol. The highest BCUT2D eigenvalue weighted by Crippen LogP contribution is 2.07. The molecule has 94 valence electrons. The predicted octanol–water partition coefficient (Wildman–Crippen LogP) is 2.02. The van der Waals surface area contributed by atoms with Crippen molar-refractivity contribution < 1.29 is 8.78 Å². The van der Waals surface area contributed by atoms with E-state index in [9.17, 15) is 8.78 Å². The standard InChI is InChI=1S/C11H13F2N3.HI/c12-9-4-8(5-10(13)6-9)7-16-11-14-2-1-3-15-11;/h4-6H,1-3,7H2,(H2,14,15,16);1H. The van der Waals surface area contributed by atoms with E-state index >= 15 is 0 Å². The Morgan fingerprint density at radius 3 is 2.53 bits per heavy atom. The molecule has 1 aliphatic heterocycles. The van der Waals surface area contributed by atoms with Crippen LogP contribution in [0.3, 0.4) is 0 Å². The van der Waals surface area contributed by atoms with E-state index in [1.165, 1.54) is 12.1 Å². The largest absolute Gasteiger partial charge is 0.356 e. The molecule has 1 aliphatic rings.